The van der Waals surface area contributed by atoms with Gasteiger partial charge in [-0.05, 0) is 75.1 Å². The summed E-state index contributed by atoms with van der Waals surface area (Å²) < 4.78 is 5.13. The first-order valence-electron chi connectivity index (χ1n) is 9.03. The van der Waals surface area contributed by atoms with Crippen LogP contribution in [0.15, 0.2) is 42.5 Å². The van der Waals surface area contributed by atoms with E-state index in [-0.39, 0.29) is 11.8 Å². The summed E-state index contributed by atoms with van der Waals surface area (Å²) in [4.78, 5) is 25.1. The number of amides is 2. The number of aryl methyl sites for hydroxylation is 2. The highest BCUT2D eigenvalue weighted by Gasteiger charge is 2.35. The van der Waals surface area contributed by atoms with Gasteiger partial charge < -0.3 is 15.4 Å². The largest absolute Gasteiger partial charge is 0.497 e. The Labute approximate surface area is 161 Å². The van der Waals surface area contributed by atoms with Crippen molar-refractivity contribution in [2.75, 3.05) is 19.0 Å². The normalized spacial score (nSPS) is 11.0. The maximum atomic E-state index is 12.6. The van der Waals surface area contributed by atoms with Crippen LogP contribution in [-0.2, 0) is 16.0 Å². The number of ether oxygens (including phenoxy) is 1. The van der Waals surface area contributed by atoms with Crippen LogP contribution in [0, 0.1) is 19.3 Å². The van der Waals surface area contributed by atoms with E-state index in [0.717, 1.165) is 22.4 Å². The number of rotatable bonds is 7. The van der Waals surface area contributed by atoms with Crippen LogP contribution in [0.2, 0.25) is 0 Å². The molecule has 0 aliphatic carbocycles. The average molecular weight is 368 g/mol. The second-order valence-electron chi connectivity index (χ2n) is 7.31. The minimum absolute atomic E-state index is 0.294. The van der Waals surface area contributed by atoms with Crippen molar-refractivity contribution >= 4 is 17.5 Å². The molecule has 5 heteroatoms. The third kappa shape index (κ3) is 5.58. The van der Waals surface area contributed by atoms with Gasteiger partial charge in [0.15, 0.2) is 0 Å². The summed E-state index contributed by atoms with van der Waals surface area (Å²) in [7, 11) is 1.63. The predicted octanol–water partition coefficient (Wildman–Crippen LogP) is 3.64. The van der Waals surface area contributed by atoms with Gasteiger partial charge >= 0.3 is 0 Å². The second-order valence-corrected chi connectivity index (χ2v) is 7.31. The standard InChI is InChI=1S/C22H28N2O3/c1-15-12-16(2)14-18(13-15)24-21(26)22(3,4)20(25)23-11-10-17-6-8-19(27-5)9-7-17/h6-9,12-14H,10-11H2,1-5H3,(H,23,25)(H,24,26). The van der Waals surface area contributed by atoms with Crippen molar-refractivity contribution in [3.05, 3.63) is 59.2 Å². The Bertz CT molecular complexity index is 791. The van der Waals surface area contributed by atoms with Crippen molar-refractivity contribution in [3.8, 4) is 5.75 Å². The van der Waals surface area contributed by atoms with Crippen LogP contribution in [0.3, 0.4) is 0 Å². The highest BCUT2D eigenvalue weighted by Crippen LogP contribution is 2.21. The first-order valence-corrected chi connectivity index (χ1v) is 9.03. The molecular weight excluding hydrogens is 340 g/mol. The van der Waals surface area contributed by atoms with E-state index in [4.69, 9.17) is 4.74 Å². The number of benzene rings is 2. The number of anilines is 1. The zero-order valence-electron chi connectivity index (χ0n) is 16.7. The van der Waals surface area contributed by atoms with Gasteiger partial charge in [0.05, 0.1) is 7.11 Å². The van der Waals surface area contributed by atoms with Crippen LogP contribution in [0.25, 0.3) is 0 Å². The molecule has 0 heterocycles. The lowest BCUT2D eigenvalue weighted by Crippen LogP contribution is -2.45. The summed E-state index contributed by atoms with van der Waals surface area (Å²) in [6.07, 6.45) is 0.685. The van der Waals surface area contributed by atoms with Crippen molar-refractivity contribution in [2.45, 2.75) is 34.1 Å². The van der Waals surface area contributed by atoms with Crippen LogP contribution in [0.1, 0.15) is 30.5 Å². The fourth-order valence-electron chi connectivity index (χ4n) is 2.77. The summed E-state index contributed by atoms with van der Waals surface area (Å²) in [5.74, 6) is 0.180. The maximum absolute atomic E-state index is 12.6. The van der Waals surface area contributed by atoms with Gasteiger partial charge in [0.2, 0.25) is 11.8 Å². The fourth-order valence-corrected chi connectivity index (χ4v) is 2.77. The molecule has 2 aromatic carbocycles. The molecule has 0 spiro atoms. The zero-order chi connectivity index (χ0) is 20.0. The van der Waals surface area contributed by atoms with E-state index in [9.17, 15) is 9.59 Å². The molecule has 0 unspecified atom stereocenters. The van der Waals surface area contributed by atoms with Crippen molar-refractivity contribution in [1.29, 1.82) is 0 Å². The highest BCUT2D eigenvalue weighted by atomic mass is 16.5. The molecule has 2 amide bonds. The van der Waals surface area contributed by atoms with Gasteiger partial charge in [-0.25, -0.2) is 0 Å². The number of nitrogens with one attached hydrogen (secondary N) is 2. The van der Waals surface area contributed by atoms with E-state index < -0.39 is 5.41 Å². The molecule has 0 fully saturated rings. The fraction of sp³-hybridized carbons (Fsp3) is 0.364. The van der Waals surface area contributed by atoms with Crippen molar-refractivity contribution in [3.63, 3.8) is 0 Å². The van der Waals surface area contributed by atoms with Gasteiger partial charge in [0.25, 0.3) is 0 Å². The molecule has 5 nitrogen and oxygen atoms in total. The Kier molecular flexibility index (Phi) is 6.61. The smallest absolute Gasteiger partial charge is 0.239 e. The Morgan fingerprint density at radius 2 is 1.56 bits per heavy atom. The predicted molar refractivity (Wildman–Crippen MR) is 108 cm³/mol. The van der Waals surface area contributed by atoms with Crippen LogP contribution in [0.4, 0.5) is 5.69 Å². The van der Waals surface area contributed by atoms with Gasteiger partial charge in [0, 0.05) is 12.2 Å². The van der Waals surface area contributed by atoms with E-state index in [0.29, 0.717) is 18.7 Å². The molecule has 0 atom stereocenters. The van der Waals surface area contributed by atoms with Crippen LogP contribution < -0.4 is 15.4 Å². The Morgan fingerprint density at radius 3 is 2.11 bits per heavy atom. The molecule has 0 saturated heterocycles. The topological polar surface area (TPSA) is 67.4 Å². The van der Waals surface area contributed by atoms with Crippen molar-refractivity contribution in [1.82, 2.24) is 5.32 Å². The lowest BCUT2D eigenvalue weighted by molar-refractivity contribution is -0.138. The van der Waals surface area contributed by atoms with Crippen molar-refractivity contribution in [2.24, 2.45) is 5.41 Å². The van der Waals surface area contributed by atoms with E-state index in [2.05, 4.69) is 10.6 Å². The van der Waals surface area contributed by atoms with Gasteiger partial charge in [-0.2, -0.15) is 0 Å². The monoisotopic (exact) mass is 368 g/mol. The molecule has 0 aliphatic heterocycles. The molecule has 0 bridgehead atoms. The lowest BCUT2D eigenvalue weighted by atomic mass is 9.90. The quantitative estimate of drug-likeness (QED) is 0.733. The molecule has 0 radical (unpaired) electrons. The molecule has 2 aromatic rings. The molecule has 0 aromatic heterocycles. The molecule has 2 N–H and O–H groups in total. The zero-order valence-corrected chi connectivity index (χ0v) is 16.7. The van der Waals surface area contributed by atoms with Gasteiger partial charge in [0.1, 0.15) is 11.2 Å². The van der Waals surface area contributed by atoms with Gasteiger partial charge in [-0.3, -0.25) is 9.59 Å². The average Bonchev–Trinajstić information content (AvgIpc) is 2.61. The first-order chi connectivity index (χ1) is 12.7. The lowest BCUT2D eigenvalue weighted by Gasteiger charge is -2.23. The van der Waals surface area contributed by atoms with Crippen molar-refractivity contribution < 1.29 is 14.3 Å². The van der Waals surface area contributed by atoms with E-state index >= 15 is 0 Å². The van der Waals surface area contributed by atoms with E-state index in [1.54, 1.807) is 21.0 Å². The third-order valence-corrected chi connectivity index (χ3v) is 4.47. The van der Waals surface area contributed by atoms with Crippen LogP contribution in [0.5, 0.6) is 5.75 Å². The van der Waals surface area contributed by atoms with Gasteiger partial charge in [-0.1, -0.05) is 18.2 Å². The summed E-state index contributed by atoms with van der Waals surface area (Å²) in [6, 6.07) is 13.5. The van der Waals surface area contributed by atoms with Gasteiger partial charge in [-0.15, -0.1) is 0 Å². The minimum atomic E-state index is -1.17. The second kappa shape index (κ2) is 8.71. The maximum Gasteiger partial charge on any atom is 0.239 e. The molecule has 0 aliphatic rings. The summed E-state index contributed by atoms with van der Waals surface area (Å²) in [5, 5.41) is 5.71. The number of carbonyl (C=O) groups is 2. The third-order valence-electron chi connectivity index (χ3n) is 4.47. The molecule has 2 rings (SSSR count). The molecule has 27 heavy (non-hydrogen) atoms. The van der Waals surface area contributed by atoms with E-state index in [1.165, 1.54) is 0 Å². The number of carbonyl (C=O) groups excluding carboxylic acids is 2. The number of hydrogen-bond donors (Lipinski definition) is 2. The SMILES string of the molecule is COc1ccc(CCNC(=O)C(C)(C)C(=O)Nc2cc(C)cc(C)c2)cc1. The summed E-state index contributed by atoms with van der Waals surface area (Å²) in [5.41, 5.74) is 2.75. The number of hydrogen-bond acceptors (Lipinski definition) is 3. The Hall–Kier alpha value is -2.82. The van der Waals surface area contributed by atoms with E-state index in [1.807, 2.05) is 56.3 Å². The van der Waals surface area contributed by atoms with Crippen LogP contribution >= 0.6 is 0 Å². The Morgan fingerprint density at radius 1 is 0.963 bits per heavy atom. The first kappa shape index (κ1) is 20.5. The molecular formula is C22H28N2O3. The highest BCUT2D eigenvalue weighted by molar-refractivity contribution is 6.09. The summed E-state index contributed by atoms with van der Waals surface area (Å²) in [6.45, 7) is 7.67. The molecule has 144 valence electrons. The Balaban J connectivity index is 1.91. The van der Waals surface area contributed by atoms with Crippen LogP contribution in [-0.4, -0.2) is 25.5 Å². The minimum Gasteiger partial charge on any atom is -0.497 e. The molecule has 0 saturated carbocycles. The number of methoxy groups -OCH3 is 1. The summed E-state index contributed by atoms with van der Waals surface area (Å²) >= 11 is 0.